The smallest absolute Gasteiger partial charge is 0.261 e. The van der Waals surface area contributed by atoms with Gasteiger partial charge in [-0.15, -0.1) is 0 Å². The van der Waals surface area contributed by atoms with E-state index in [2.05, 4.69) is 36.8 Å². The van der Waals surface area contributed by atoms with Gasteiger partial charge in [0.25, 0.3) is 5.56 Å². The Morgan fingerprint density at radius 1 is 1.07 bits per heavy atom. The number of piperidine rings is 1. The lowest BCUT2D eigenvalue weighted by atomic mass is 10.1. The predicted molar refractivity (Wildman–Crippen MR) is 169 cm³/mol. The molecule has 5 rings (SSSR count). The van der Waals surface area contributed by atoms with Gasteiger partial charge < -0.3 is 20.9 Å². The minimum Gasteiger partial charge on any atom is -0.382 e. The summed E-state index contributed by atoms with van der Waals surface area (Å²) < 4.78 is 14.7. The number of benzene rings is 1. The van der Waals surface area contributed by atoms with E-state index in [1.807, 2.05) is 50.2 Å². The average molecular weight is 575 g/mol. The summed E-state index contributed by atoms with van der Waals surface area (Å²) in [5.41, 5.74) is 3.24. The fourth-order valence-corrected chi connectivity index (χ4v) is 6.34. The van der Waals surface area contributed by atoms with E-state index in [1.54, 1.807) is 35.2 Å². The third-order valence-corrected chi connectivity index (χ3v) is 9.25. The highest BCUT2D eigenvalue weighted by atomic mass is 32.2. The molecule has 216 valence electrons. The van der Waals surface area contributed by atoms with Crippen LogP contribution in [0.5, 0.6) is 0 Å². The van der Waals surface area contributed by atoms with E-state index in [0.29, 0.717) is 52.6 Å². The summed E-state index contributed by atoms with van der Waals surface area (Å²) in [6.07, 6.45) is 5.51. The van der Waals surface area contributed by atoms with Crippen molar-refractivity contribution in [1.82, 2.24) is 29.7 Å². The minimum absolute atomic E-state index is 0.193. The summed E-state index contributed by atoms with van der Waals surface area (Å²) >= 11 is 0. The van der Waals surface area contributed by atoms with Crippen LogP contribution in [0.15, 0.2) is 64.5 Å². The lowest BCUT2D eigenvalue weighted by molar-refractivity contribution is 0.435. The van der Waals surface area contributed by atoms with Crippen molar-refractivity contribution in [3.63, 3.8) is 0 Å². The molecule has 1 fully saturated rings. The van der Waals surface area contributed by atoms with Crippen LogP contribution in [-0.4, -0.2) is 80.0 Å². The van der Waals surface area contributed by atoms with Gasteiger partial charge in [-0.05, 0) is 105 Å². The molecular weight excluding hydrogens is 536 g/mol. The van der Waals surface area contributed by atoms with Crippen molar-refractivity contribution in [2.45, 2.75) is 37.2 Å². The number of rotatable bonds is 10. The molecule has 1 atom stereocenters. The highest BCUT2D eigenvalue weighted by Gasteiger charge is 2.16. The van der Waals surface area contributed by atoms with E-state index in [9.17, 15) is 9.00 Å². The molecule has 1 unspecified atom stereocenters. The normalized spacial score (nSPS) is 15.6. The number of fused-ring (bicyclic) bond motifs is 1. The van der Waals surface area contributed by atoms with Crippen LogP contribution >= 0.6 is 0 Å². The van der Waals surface area contributed by atoms with Crippen molar-refractivity contribution in [1.29, 1.82) is 0 Å². The molecule has 3 aromatic heterocycles. The number of nitrogens with zero attached hydrogens (tertiary/aromatic N) is 5. The first-order chi connectivity index (χ1) is 19.7. The van der Waals surface area contributed by atoms with E-state index in [4.69, 9.17) is 0 Å². The van der Waals surface area contributed by atoms with Crippen LogP contribution in [0.1, 0.15) is 19.8 Å². The molecule has 11 heteroatoms. The van der Waals surface area contributed by atoms with E-state index in [1.165, 1.54) is 0 Å². The number of aromatic nitrogens is 4. The first-order valence-corrected chi connectivity index (χ1v) is 15.8. The Labute approximate surface area is 241 Å². The number of hydrogen-bond acceptors (Lipinski definition) is 9. The monoisotopic (exact) mass is 574 g/mol. The van der Waals surface area contributed by atoms with Crippen LogP contribution in [0.3, 0.4) is 0 Å². The zero-order valence-electron chi connectivity index (χ0n) is 23.9. The summed E-state index contributed by atoms with van der Waals surface area (Å²) in [6, 6.07) is 13.8. The molecule has 3 N–H and O–H groups in total. The second kappa shape index (κ2) is 12.4. The van der Waals surface area contributed by atoms with Crippen LogP contribution in [-0.2, 0) is 16.1 Å². The van der Waals surface area contributed by atoms with Gasteiger partial charge in [-0.25, -0.2) is 4.98 Å². The molecule has 10 nitrogen and oxygen atoms in total. The maximum absolute atomic E-state index is 13.5. The highest BCUT2D eigenvalue weighted by Crippen LogP contribution is 2.23. The minimum atomic E-state index is -2.47. The molecule has 1 saturated heterocycles. The second-order valence-electron chi connectivity index (χ2n) is 10.6. The van der Waals surface area contributed by atoms with Gasteiger partial charge in [-0.2, -0.15) is 4.98 Å². The third kappa shape index (κ3) is 6.75. The van der Waals surface area contributed by atoms with E-state index in [0.717, 1.165) is 42.7 Å². The van der Waals surface area contributed by atoms with Crippen LogP contribution in [0.2, 0.25) is 0 Å². The lowest BCUT2D eigenvalue weighted by Crippen LogP contribution is -2.35. The topological polar surface area (TPSA) is 117 Å². The average Bonchev–Trinajstić information content (AvgIpc) is 2.97. The Morgan fingerprint density at radius 3 is 2.46 bits per heavy atom. The molecule has 41 heavy (non-hydrogen) atoms. The first-order valence-electron chi connectivity index (χ1n) is 13.9. The predicted octanol–water partition coefficient (Wildman–Crippen LogP) is 3.42. The highest BCUT2D eigenvalue weighted by molar-refractivity contribution is 8.00. The molecule has 0 radical (unpaired) electrons. The van der Waals surface area contributed by atoms with Crippen LogP contribution in [0, 0.1) is 0 Å². The molecule has 1 aromatic carbocycles. The Bertz CT molecular complexity index is 1660. The molecule has 0 bridgehead atoms. The summed E-state index contributed by atoms with van der Waals surface area (Å²) in [5, 5.41) is 11.0. The molecule has 1 aliphatic heterocycles. The maximum Gasteiger partial charge on any atom is 0.261 e. The molecule has 1 aliphatic rings. The molecule has 0 spiro atoms. The van der Waals surface area contributed by atoms with Gasteiger partial charge in [-0.1, -0.05) is 0 Å². The third-order valence-electron chi connectivity index (χ3n) is 7.30. The standard InChI is InChI=1S/C30H38N8O2S/c1-5-38-28-21(18-26(29(38)39)27-11-10-25(20-32-27)41(4,40)17-16-37(2)3)19-33-30(36-28)35-23-8-6-22(7-9-23)34-24-12-14-31-15-13-24/h6-11,18-20,24,31,34H,4-5,12-17H2,1-3H3,(H,33,35,36). The summed E-state index contributed by atoms with van der Waals surface area (Å²) in [4.78, 5) is 29.7. The fourth-order valence-electron chi connectivity index (χ4n) is 4.88. The van der Waals surface area contributed by atoms with Crippen molar-refractivity contribution in [3.8, 4) is 11.3 Å². The van der Waals surface area contributed by atoms with Gasteiger partial charge in [0.15, 0.2) is 0 Å². The molecule has 4 aromatic rings. The lowest BCUT2D eigenvalue weighted by Gasteiger charge is -2.24. The molecule has 0 saturated carbocycles. The van der Waals surface area contributed by atoms with Crippen molar-refractivity contribution < 1.29 is 4.21 Å². The molecular formula is C30H38N8O2S. The van der Waals surface area contributed by atoms with Crippen molar-refractivity contribution >= 4 is 43.7 Å². The SMILES string of the molecule is C=S(=O)(CCN(C)C)c1ccc(-c2cc3cnc(Nc4ccc(NC5CCNCC5)cc4)nc3n(CC)c2=O)nc1. The van der Waals surface area contributed by atoms with Crippen molar-refractivity contribution in [3.05, 3.63) is 65.2 Å². The number of nitrogens with one attached hydrogen (secondary N) is 3. The van der Waals surface area contributed by atoms with E-state index in [-0.39, 0.29) is 5.56 Å². The second-order valence-corrected chi connectivity index (χ2v) is 13.2. The van der Waals surface area contributed by atoms with E-state index < -0.39 is 9.52 Å². The Balaban J connectivity index is 1.36. The largest absolute Gasteiger partial charge is 0.382 e. The van der Waals surface area contributed by atoms with Gasteiger partial charge in [-0.3, -0.25) is 18.6 Å². The number of aryl methyl sites for hydroxylation is 1. The van der Waals surface area contributed by atoms with Crippen LogP contribution < -0.4 is 21.5 Å². The van der Waals surface area contributed by atoms with E-state index >= 15 is 0 Å². The Hall–Kier alpha value is -3.80. The number of pyridine rings is 2. The molecule has 4 heterocycles. The fraction of sp³-hybridized carbons (Fsp3) is 0.367. The maximum atomic E-state index is 13.5. The van der Waals surface area contributed by atoms with Crippen LogP contribution in [0.4, 0.5) is 17.3 Å². The Morgan fingerprint density at radius 2 is 1.80 bits per heavy atom. The Kier molecular flexibility index (Phi) is 8.67. The van der Waals surface area contributed by atoms with Gasteiger partial charge in [0, 0.05) is 58.9 Å². The van der Waals surface area contributed by atoms with Gasteiger partial charge in [0.2, 0.25) is 5.95 Å². The summed E-state index contributed by atoms with van der Waals surface area (Å²) in [7, 11) is 1.40. The quantitative estimate of drug-likeness (QED) is 0.245. The van der Waals surface area contributed by atoms with Crippen molar-refractivity contribution in [2.75, 3.05) is 50.1 Å². The van der Waals surface area contributed by atoms with Crippen LogP contribution in [0.25, 0.3) is 22.3 Å². The number of hydrogen-bond donors (Lipinski definition) is 3. The first kappa shape index (κ1) is 28.7. The van der Waals surface area contributed by atoms with Crippen molar-refractivity contribution in [2.24, 2.45) is 0 Å². The zero-order chi connectivity index (χ0) is 29.0. The molecule has 0 aliphatic carbocycles. The summed E-state index contributed by atoms with van der Waals surface area (Å²) in [6.45, 7) is 5.09. The number of anilines is 3. The zero-order valence-corrected chi connectivity index (χ0v) is 24.7. The van der Waals surface area contributed by atoms with Gasteiger partial charge in [0.05, 0.1) is 11.3 Å². The van der Waals surface area contributed by atoms with Gasteiger partial charge >= 0.3 is 0 Å². The van der Waals surface area contributed by atoms with Gasteiger partial charge in [0.1, 0.15) is 5.65 Å². The summed E-state index contributed by atoms with van der Waals surface area (Å²) in [5.74, 6) is 4.78. The molecule has 0 amide bonds.